The summed E-state index contributed by atoms with van der Waals surface area (Å²) in [5.41, 5.74) is 10.6. The highest BCUT2D eigenvalue weighted by Gasteiger charge is 2.34. The van der Waals surface area contributed by atoms with Crippen molar-refractivity contribution < 1.29 is 9.90 Å². The summed E-state index contributed by atoms with van der Waals surface area (Å²) in [6.45, 7) is 17.1. The zero-order valence-electron chi connectivity index (χ0n) is 30.0. The van der Waals surface area contributed by atoms with E-state index in [0.717, 1.165) is 74.1 Å². The molecule has 7 rings (SSSR count). The molecular formula is C45H46N2O2. The van der Waals surface area contributed by atoms with Crippen LogP contribution in [0.5, 0.6) is 5.75 Å². The molecule has 0 aliphatic heterocycles. The number of hydrogen-bond acceptors (Lipinski definition) is 3. The SMILES string of the molecule is CC1(C)CCc2ccc(-c3cccc4c3nc(-c3cc(C(C)(C)C)cc(C(C)(C)C)c3O)n4-c3ccccc3-c3ccccc3)cc2C1=O. The Balaban J connectivity index is 1.57. The van der Waals surface area contributed by atoms with E-state index in [-0.39, 0.29) is 27.8 Å². The van der Waals surface area contributed by atoms with Crippen molar-refractivity contribution in [2.75, 3.05) is 0 Å². The van der Waals surface area contributed by atoms with Gasteiger partial charge in [-0.2, -0.15) is 0 Å². The maximum Gasteiger partial charge on any atom is 0.168 e. The molecule has 1 aliphatic rings. The highest BCUT2D eigenvalue weighted by molar-refractivity contribution is 6.04. The van der Waals surface area contributed by atoms with Crippen molar-refractivity contribution in [3.63, 3.8) is 0 Å². The van der Waals surface area contributed by atoms with Gasteiger partial charge in [0.2, 0.25) is 0 Å². The van der Waals surface area contributed by atoms with Crippen LogP contribution in [0.4, 0.5) is 0 Å². The number of aryl methyl sites for hydroxylation is 1. The maximum absolute atomic E-state index is 13.6. The normalized spacial score (nSPS) is 14.7. The van der Waals surface area contributed by atoms with E-state index in [9.17, 15) is 9.90 Å². The van der Waals surface area contributed by atoms with Gasteiger partial charge in [0.05, 0.1) is 22.3 Å². The second-order valence-electron chi connectivity index (χ2n) is 16.3. The van der Waals surface area contributed by atoms with E-state index in [1.807, 2.05) is 19.9 Å². The third-order valence-electron chi connectivity index (χ3n) is 10.2. The fourth-order valence-corrected chi connectivity index (χ4v) is 7.20. The van der Waals surface area contributed by atoms with Gasteiger partial charge in [-0.05, 0) is 70.2 Å². The lowest BCUT2D eigenvalue weighted by Crippen LogP contribution is -2.30. The van der Waals surface area contributed by atoms with Crippen molar-refractivity contribution in [3.05, 3.63) is 125 Å². The molecule has 0 radical (unpaired) electrons. The number of aromatic hydroxyl groups is 1. The third kappa shape index (κ3) is 5.67. The van der Waals surface area contributed by atoms with Gasteiger partial charge in [0.1, 0.15) is 11.6 Å². The summed E-state index contributed by atoms with van der Waals surface area (Å²) < 4.78 is 2.21. The van der Waals surface area contributed by atoms with Crippen LogP contribution in [0.15, 0.2) is 103 Å². The van der Waals surface area contributed by atoms with Crippen LogP contribution in [-0.2, 0) is 17.3 Å². The van der Waals surface area contributed by atoms with Gasteiger partial charge < -0.3 is 5.11 Å². The quantitative estimate of drug-likeness (QED) is 0.207. The molecule has 1 aromatic heterocycles. The second-order valence-corrected chi connectivity index (χ2v) is 16.3. The Kier molecular flexibility index (Phi) is 7.70. The number of Topliss-reactive ketones (excluding diaryl/α,β-unsaturated/α-hetero) is 1. The molecule has 0 unspecified atom stereocenters. The van der Waals surface area contributed by atoms with Crippen LogP contribution >= 0.6 is 0 Å². The summed E-state index contributed by atoms with van der Waals surface area (Å²) in [6.07, 6.45) is 1.75. The van der Waals surface area contributed by atoms with Crippen molar-refractivity contribution in [1.29, 1.82) is 0 Å². The lowest BCUT2D eigenvalue weighted by atomic mass is 9.73. The minimum atomic E-state index is -0.381. The molecule has 6 aromatic rings. The molecule has 0 saturated carbocycles. The molecule has 1 heterocycles. The molecule has 0 bridgehead atoms. The molecule has 49 heavy (non-hydrogen) atoms. The largest absolute Gasteiger partial charge is 0.507 e. The van der Waals surface area contributed by atoms with E-state index in [1.54, 1.807) is 0 Å². The second kappa shape index (κ2) is 11.6. The number of phenolic OH excluding ortho intramolecular Hbond substituents is 1. The molecule has 4 heteroatoms. The number of phenols is 1. The zero-order chi connectivity index (χ0) is 34.9. The summed E-state index contributed by atoms with van der Waals surface area (Å²) in [5.74, 6) is 1.12. The van der Waals surface area contributed by atoms with Gasteiger partial charge in [-0.1, -0.05) is 134 Å². The Labute approximate surface area is 290 Å². The smallest absolute Gasteiger partial charge is 0.168 e. The van der Waals surface area contributed by atoms with Crippen LogP contribution in [0.2, 0.25) is 0 Å². The predicted octanol–water partition coefficient (Wildman–Crippen LogP) is 11.5. The Bertz CT molecular complexity index is 2240. The maximum atomic E-state index is 13.6. The van der Waals surface area contributed by atoms with E-state index in [1.165, 1.54) is 0 Å². The monoisotopic (exact) mass is 646 g/mol. The van der Waals surface area contributed by atoms with Gasteiger partial charge in [0, 0.05) is 27.7 Å². The van der Waals surface area contributed by atoms with E-state index >= 15 is 0 Å². The average Bonchev–Trinajstić information content (AvgIpc) is 3.45. The first-order valence-electron chi connectivity index (χ1n) is 17.4. The molecule has 248 valence electrons. The fourth-order valence-electron chi connectivity index (χ4n) is 7.20. The van der Waals surface area contributed by atoms with Gasteiger partial charge in [-0.15, -0.1) is 0 Å². The number of benzene rings is 5. The van der Waals surface area contributed by atoms with E-state index in [0.29, 0.717) is 11.4 Å². The lowest BCUT2D eigenvalue weighted by molar-refractivity contribution is 0.0811. The third-order valence-corrected chi connectivity index (χ3v) is 10.2. The highest BCUT2D eigenvalue weighted by Crippen LogP contribution is 2.45. The molecule has 0 fully saturated rings. The van der Waals surface area contributed by atoms with Crippen molar-refractivity contribution in [3.8, 4) is 45.1 Å². The first-order valence-corrected chi connectivity index (χ1v) is 17.4. The number of carbonyl (C=O) groups excluding carboxylic acids is 1. The molecule has 5 aromatic carbocycles. The Morgan fingerprint density at radius 3 is 2.10 bits per heavy atom. The van der Waals surface area contributed by atoms with Gasteiger partial charge in [-0.25, -0.2) is 4.98 Å². The summed E-state index contributed by atoms with van der Waals surface area (Å²) >= 11 is 0. The van der Waals surface area contributed by atoms with Gasteiger partial charge in [0.25, 0.3) is 0 Å². The lowest BCUT2D eigenvalue weighted by Gasteiger charge is -2.29. The molecule has 4 nitrogen and oxygen atoms in total. The first kappa shape index (κ1) is 32.6. The van der Waals surface area contributed by atoms with Crippen LogP contribution in [0, 0.1) is 5.41 Å². The number of hydrogen-bond donors (Lipinski definition) is 1. The van der Waals surface area contributed by atoms with Gasteiger partial charge in [0.15, 0.2) is 5.78 Å². The molecule has 0 saturated heterocycles. The van der Waals surface area contributed by atoms with E-state index in [4.69, 9.17) is 4.98 Å². The Hall–Kier alpha value is -4.96. The Morgan fingerprint density at radius 1 is 0.694 bits per heavy atom. The molecular weight excluding hydrogens is 601 g/mol. The van der Waals surface area contributed by atoms with Crippen molar-refractivity contribution in [2.45, 2.75) is 79.1 Å². The standard InChI is InChI=1S/C45H46N2O2/c1-43(2,3)31-26-35(40(48)36(27-31)44(4,5)6)42-46-39-33(30-22-21-29-23-24-45(7,8)41(49)34(29)25-30)18-14-20-38(39)47(42)37-19-13-12-17-32(37)28-15-10-9-11-16-28/h9-22,25-27,48H,23-24H2,1-8H3. The van der Waals surface area contributed by atoms with Crippen LogP contribution in [0.1, 0.15) is 88.9 Å². The first-order chi connectivity index (χ1) is 23.1. The molecule has 0 spiro atoms. The predicted molar refractivity (Wildman–Crippen MR) is 203 cm³/mol. The van der Waals surface area contributed by atoms with Crippen LogP contribution < -0.4 is 0 Å². The number of carbonyl (C=O) groups is 1. The highest BCUT2D eigenvalue weighted by atomic mass is 16.3. The zero-order valence-corrected chi connectivity index (χ0v) is 30.0. The number of nitrogens with zero attached hydrogens (tertiary/aromatic N) is 2. The van der Waals surface area contributed by atoms with Crippen LogP contribution in [0.25, 0.3) is 50.4 Å². The van der Waals surface area contributed by atoms with Crippen molar-refractivity contribution in [2.24, 2.45) is 5.41 Å². The summed E-state index contributed by atoms with van der Waals surface area (Å²) in [6, 6.07) is 35.7. The molecule has 1 aliphatic carbocycles. The number of para-hydroxylation sites is 2. The molecule has 0 atom stereocenters. The average molecular weight is 647 g/mol. The number of rotatable bonds is 4. The summed E-state index contributed by atoms with van der Waals surface area (Å²) in [5, 5.41) is 12.2. The summed E-state index contributed by atoms with van der Waals surface area (Å²) in [4.78, 5) is 19.1. The Morgan fingerprint density at radius 2 is 1.39 bits per heavy atom. The van der Waals surface area contributed by atoms with Gasteiger partial charge in [-0.3, -0.25) is 9.36 Å². The molecule has 0 amide bonds. The number of ketones is 1. The molecule has 1 N–H and O–H groups in total. The topological polar surface area (TPSA) is 55.1 Å². The van der Waals surface area contributed by atoms with E-state index in [2.05, 4.69) is 143 Å². The fraction of sp³-hybridized carbons (Fsp3) is 0.289. The summed E-state index contributed by atoms with van der Waals surface area (Å²) in [7, 11) is 0. The minimum absolute atomic E-state index is 0.157. The van der Waals surface area contributed by atoms with Crippen LogP contribution in [-0.4, -0.2) is 20.4 Å². The van der Waals surface area contributed by atoms with Crippen molar-refractivity contribution in [1.82, 2.24) is 9.55 Å². The van der Waals surface area contributed by atoms with Crippen molar-refractivity contribution >= 4 is 16.8 Å². The van der Waals surface area contributed by atoms with E-state index < -0.39 is 0 Å². The number of imidazole rings is 1. The minimum Gasteiger partial charge on any atom is -0.507 e. The van der Waals surface area contributed by atoms with Gasteiger partial charge >= 0.3 is 0 Å². The number of aromatic nitrogens is 2. The van der Waals surface area contributed by atoms with Crippen LogP contribution in [0.3, 0.4) is 0 Å². The number of fused-ring (bicyclic) bond motifs is 2.